The summed E-state index contributed by atoms with van der Waals surface area (Å²) in [6, 6.07) is 21.6. The average Bonchev–Trinajstić information content (AvgIpc) is 2.93. The highest BCUT2D eigenvalue weighted by Gasteiger charge is 2.21. The van der Waals surface area contributed by atoms with Crippen LogP contribution in [-0.4, -0.2) is 37.0 Å². The number of carbonyl (C=O) groups is 1. The Bertz CT molecular complexity index is 1800. The summed E-state index contributed by atoms with van der Waals surface area (Å²) in [6.45, 7) is 3.49. The number of nitrogens with one attached hydrogen (secondary N) is 3. The van der Waals surface area contributed by atoms with Crippen molar-refractivity contribution in [1.29, 1.82) is 0 Å². The first-order chi connectivity index (χ1) is 19.4. The van der Waals surface area contributed by atoms with Gasteiger partial charge in [0, 0.05) is 23.0 Å². The normalized spacial score (nSPS) is 11.4. The first kappa shape index (κ1) is 29.4. The Balaban J connectivity index is 1.51. The molecule has 0 bridgehead atoms. The minimum atomic E-state index is -4.00. The summed E-state index contributed by atoms with van der Waals surface area (Å²) in [6.07, 6.45) is 0. The van der Waals surface area contributed by atoms with Crippen LogP contribution in [0, 0.1) is 13.8 Å². The summed E-state index contributed by atoms with van der Waals surface area (Å²) >= 11 is 0. The number of carbonyl (C=O) groups excluding carboxylic acids is 1. The molecule has 3 N–H and O–H groups in total. The lowest BCUT2D eigenvalue weighted by Crippen LogP contribution is -2.17. The van der Waals surface area contributed by atoms with Crippen molar-refractivity contribution in [2.75, 3.05) is 29.0 Å². The van der Waals surface area contributed by atoms with Gasteiger partial charge in [-0.05, 0) is 85.6 Å². The lowest BCUT2D eigenvalue weighted by molar-refractivity contribution is 0.102. The summed E-state index contributed by atoms with van der Waals surface area (Å²) in [5, 5.41) is 2.67. The molecule has 0 aliphatic carbocycles. The van der Waals surface area contributed by atoms with Crippen molar-refractivity contribution in [3.8, 4) is 11.5 Å². The molecule has 4 aromatic carbocycles. The molecule has 4 aromatic rings. The Kier molecular flexibility index (Phi) is 8.55. The number of hydrogen-bond acceptors (Lipinski definition) is 7. The molecule has 0 spiro atoms. The number of anilines is 3. The second kappa shape index (κ2) is 11.9. The fourth-order valence-corrected chi connectivity index (χ4v) is 6.35. The molecule has 0 saturated heterocycles. The van der Waals surface area contributed by atoms with Crippen molar-refractivity contribution >= 4 is 43.0 Å². The molecule has 10 nitrogen and oxygen atoms in total. The van der Waals surface area contributed by atoms with Gasteiger partial charge >= 0.3 is 0 Å². The molecule has 1 amide bonds. The van der Waals surface area contributed by atoms with Gasteiger partial charge < -0.3 is 14.8 Å². The standard InChI is InChI=1S/C29H29N3O7S2/c1-19-6-5-7-23(16-19)31-41(36,37)28-17-21(9-8-20(28)2)29(33)30-22-10-13-25(14-11-22)40(34,35)32-26-18-24(38-3)12-15-27(26)39-4/h5-18,31-32H,1-4H3,(H,30,33). The Morgan fingerprint density at radius 3 is 2.10 bits per heavy atom. The third-order valence-electron chi connectivity index (χ3n) is 6.08. The molecule has 41 heavy (non-hydrogen) atoms. The van der Waals surface area contributed by atoms with Crippen LogP contribution in [0.4, 0.5) is 17.1 Å². The minimum Gasteiger partial charge on any atom is -0.497 e. The van der Waals surface area contributed by atoms with E-state index < -0.39 is 26.0 Å². The Labute approximate surface area is 239 Å². The van der Waals surface area contributed by atoms with Gasteiger partial charge in [0.05, 0.1) is 29.7 Å². The second-order valence-corrected chi connectivity index (χ2v) is 12.4. The number of ether oxygens (including phenoxy) is 2. The minimum absolute atomic E-state index is 0.0351. The molecule has 0 heterocycles. The molecule has 4 rings (SSSR count). The van der Waals surface area contributed by atoms with E-state index in [1.165, 1.54) is 56.7 Å². The molecule has 12 heteroatoms. The number of rotatable bonds is 10. The lowest BCUT2D eigenvalue weighted by atomic mass is 10.1. The molecular formula is C29H29N3O7S2. The molecule has 0 unspecified atom stereocenters. The molecule has 0 atom stereocenters. The largest absolute Gasteiger partial charge is 0.497 e. The SMILES string of the molecule is COc1ccc(OC)c(NS(=O)(=O)c2ccc(NC(=O)c3ccc(C)c(S(=O)(=O)Nc4cccc(C)c4)c3)cc2)c1. The Hall–Kier alpha value is -4.55. The van der Waals surface area contributed by atoms with Crippen LogP contribution in [-0.2, 0) is 20.0 Å². The van der Waals surface area contributed by atoms with E-state index >= 15 is 0 Å². The highest BCUT2D eigenvalue weighted by atomic mass is 32.2. The van der Waals surface area contributed by atoms with Crippen LogP contribution < -0.4 is 24.2 Å². The van der Waals surface area contributed by atoms with Crippen LogP contribution in [0.3, 0.4) is 0 Å². The van der Waals surface area contributed by atoms with Gasteiger partial charge in [-0.2, -0.15) is 0 Å². The van der Waals surface area contributed by atoms with Crippen LogP contribution in [0.15, 0.2) is 94.7 Å². The van der Waals surface area contributed by atoms with Crippen molar-refractivity contribution in [1.82, 2.24) is 0 Å². The van der Waals surface area contributed by atoms with E-state index in [4.69, 9.17) is 9.47 Å². The van der Waals surface area contributed by atoms with E-state index in [0.29, 0.717) is 28.4 Å². The van der Waals surface area contributed by atoms with Crippen LogP contribution >= 0.6 is 0 Å². The van der Waals surface area contributed by atoms with Gasteiger partial charge in [0.2, 0.25) is 0 Å². The van der Waals surface area contributed by atoms with Gasteiger partial charge in [0.25, 0.3) is 26.0 Å². The summed E-state index contributed by atoms with van der Waals surface area (Å²) in [7, 11) is -5.08. The van der Waals surface area contributed by atoms with Gasteiger partial charge in [-0.25, -0.2) is 16.8 Å². The Morgan fingerprint density at radius 2 is 1.44 bits per heavy atom. The van der Waals surface area contributed by atoms with Crippen molar-refractivity contribution in [2.24, 2.45) is 0 Å². The highest BCUT2D eigenvalue weighted by molar-refractivity contribution is 7.93. The van der Waals surface area contributed by atoms with Gasteiger partial charge in [0.15, 0.2) is 0 Å². The lowest BCUT2D eigenvalue weighted by Gasteiger charge is -2.14. The topological polar surface area (TPSA) is 140 Å². The third-order valence-corrected chi connectivity index (χ3v) is 8.99. The van der Waals surface area contributed by atoms with E-state index in [9.17, 15) is 21.6 Å². The number of benzene rings is 4. The van der Waals surface area contributed by atoms with Gasteiger partial charge in [-0.1, -0.05) is 18.2 Å². The molecule has 214 valence electrons. The van der Waals surface area contributed by atoms with Crippen LogP contribution in [0.25, 0.3) is 0 Å². The zero-order chi connectivity index (χ0) is 29.8. The van der Waals surface area contributed by atoms with Crippen molar-refractivity contribution in [3.63, 3.8) is 0 Å². The third kappa shape index (κ3) is 6.97. The van der Waals surface area contributed by atoms with Crippen molar-refractivity contribution < 1.29 is 31.1 Å². The quantitative estimate of drug-likeness (QED) is 0.230. The molecular weight excluding hydrogens is 566 g/mol. The molecule has 0 aliphatic rings. The van der Waals surface area contributed by atoms with Crippen molar-refractivity contribution in [2.45, 2.75) is 23.6 Å². The fraction of sp³-hybridized carbons (Fsp3) is 0.138. The van der Waals surface area contributed by atoms with Gasteiger partial charge in [-0.15, -0.1) is 0 Å². The number of methoxy groups -OCH3 is 2. The van der Waals surface area contributed by atoms with Crippen LogP contribution in [0.1, 0.15) is 21.5 Å². The van der Waals surface area contributed by atoms with Gasteiger partial charge in [0.1, 0.15) is 11.5 Å². The van der Waals surface area contributed by atoms with Crippen molar-refractivity contribution in [3.05, 3.63) is 102 Å². The first-order valence-electron chi connectivity index (χ1n) is 12.3. The monoisotopic (exact) mass is 595 g/mol. The fourth-order valence-electron chi connectivity index (χ4n) is 3.97. The zero-order valence-corrected chi connectivity index (χ0v) is 24.4. The van der Waals surface area contributed by atoms with Gasteiger partial charge in [-0.3, -0.25) is 14.2 Å². The number of aryl methyl sites for hydroxylation is 2. The molecule has 0 fully saturated rings. The predicted octanol–water partition coefficient (Wildman–Crippen LogP) is 5.17. The van der Waals surface area contributed by atoms with E-state index in [-0.39, 0.29) is 21.0 Å². The number of amides is 1. The molecule has 0 saturated carbocycles. The predicted molar refractivity (Wildman–Crippen MR) is 158 cm³/mol. The molecule has 0 aromatic heterocycles. The second-order valence-electron chi connectivity index (χ2n) is 9.11. The number of hydrogen-bond donors (Lipinski definition) is 3. The summed E-state index contributed by atoms with van der Waals surface area (Å²) in [5.74, 6) is 0.193. The molecule has 0 aliphatic heterocycles. The van der Waals surface area contributed by atoms with Crippen LogP contribution in [0.2, 0.25) is 0 Å². The maximum Gasteiger partial charge on any atom is 0.262 e. The van der Waals surface area contributed by atoms with Crippen LogP contribution in [0.5, 0.6) is 11.5 Å². The summed E-state index contributed by atoms with van der Waals surface area (Å²) in [5.41, 5.74) is 2.40. The van der Waals surface area contributed by atoms with E-state index in [2.05, 4.69) is 14.8 Å². The average molecular weight is 596 g/mol. The maximum atomic E-state index is 13.1. The number of sulfonamides is 2. The van der Waals surface area contributed by atoms with E-state index in [0.717, 1.165) is 5.56 Å². The summed E-state index contributed by atoms with van der Waals surface area (Å²) < 4.78 is 67.5. The van der Waals surface area contributed by atoms with E-state index in [1.807, 2.05) is 13.0 Å². The smallest absolute Gasteiger partial charge is 0.262 e. The Morgan fingerprint density at radius 1 is 0.707 bits per heavy atom. The summed E-state index contributed by atoms with van der Waals surface area (Å²) in [4.78, 5) is 12.9. The zero-order valence-electron chi connectivity index (χ0n) is 22.8. The maximum absolute atomic E-state index is 13.1. The molecule has 0 radical (unpaired) electrons. The van der Waals surface area contributed by atoms with E-state index in [1.54, 1.807) is 43.3 Å². The highest BCUT2D eigenvalue weighted by Crippen LogP contribution is 2.31. The first-order valence-corrected chi connectivity index (χ1v) is 15.2.